The molecule has 1 aliphatic rings. The number of hydrogen-bond acceptors (Lipinski definition) is 3. The van der Waals surface area contributed by atoms with Gasteiger partial charge in [0.15, 0.2) is 0 Å². The lowest BCUT2D eigenvalue weighted by Gasteiger charge is -2.15. The molecule has 0 atom stereocenters. The molecule has 0 aliphatic carbocycles. The molecular weight excluding hydrogens is 180 g/mol. The van der Waals surface area contributed by atoms with E-state index in [2.05, 4.69) is 6.58 Å². The average molecular weight is 191 g/mol. The van der Waals surface area contributed by atoms with E-state index < -0.39 is 5.97 Å². The third kappa shape index (κ3) is 2.84. The van der Waals surface area contributed by atoms with Crippen molar-refractivity contribution in [3.8, 4) is 0 Å². The fraction of sp³-hybridized carbons (Fsp3) is 0.286. The predicted molar refractivity (Wildman–Crippen MR) is 47.6 cm³/mol. The first-order valence-electron chi connectivity index (χ1n) is 3.25. The van der Waals surface area contributed by atoms with Gasteiger partial charge >= 0.3 is 5.97 Å². The third-order valence-corrected chi connectivity index (χ3v) is 1.39. The van der Waals surface area contributed by atoms with Crippen molar-refractivity contribution in [3.63, 3.8) is 0 Å². The Morgan fingerprint density at radius 3 is 2.75 bits per heavy atom. The number of nitrogens with zero attached hydrogens (tertiary/aromatic N) is 2. The van der Waals surface area contributed by atoms with Crippen molar-refractivity contribution in [1.29, 1.82) is 0 Å². The lowest BCUT2D eigenvalue weighted by molar-refractivity contribution is -0.137. The van der Waals surface area contributed by atoms with Gasteiger partial charge in [0.25, 0.3) is 0 Å². The molecule has 68 valence electrons. The highest BCUT2D eigenvalue weighted by atomic mass is 35.5. The molecule has 0 radical (unpaired) electrons. The van der Waals surface area contributed by atoms with Gasteiger partial charge in [0.2, 0.25) is 0 Å². The molecule has 5 heteroatoms. The van der Waals surface area contributed by atoms with Crippen LogP contribution >= 0.6 is 12.4 Å². The van der Waals surface area contributed by atoms with Gasteiger partial charge in [-0.15, -0.1) is 12.4 Å². The molecule has 0 amide bonds. The van der Waals surface area contributed by atoms with Crippen molar-refractivity contribution in [2.45, 2.75) is 0 Å². The van der Waals surface area contributed by atoms with E-state index in [1.165, 1.54) is 0 Å². The smallest absolute Gasteiger partial charge is 0.323 e. The summed E-state index contributed by atoms with van der Waals surface area (Å²) in [4.78, 5) is 13.7. The first-order chi connectivity index (χ1) is 5.22. The highest BCUT2D eigenvalue weighted by Gasteiger charge is 2.11. The van der Waals surface area contributed by atoms with Crippen LogP contribution in [-0.4, -0.2) is 34.1 Å². The molecule has 0 aromatic carbocycles. The van der Waals surface area contributed by atoms with Gasteiger partial charge in [0.1, 0.15) is 6.54 Å². The summed E-state index contributed by atoms with van der Waals surface area (Å²) in [6.45, 7) is 4.18. The minimum absolute atomic E-state index is 0. The van der Waals surface area contributed by atoms with Gasteiger partial charge in [-0.1, -0.05) is 6.58 Å². The third-order valence-electron chi connectivity index (χ3n) is 1.39. The Bertz CT molecular complexity index is 206. The van der Waals surface area contributed by atoms with Gasteiger partial charge in [-0.2, -0.15) is 0 Å². The Kier molecular flexibility index (Phi) is 4.21. The van der Waals surface area contributed by atoms with Crippen LogP contribution in [0.4, 0.5) is 0 Å². The van der Waals surface area contributed by atoms with Crippen molar-refractivity contribution in [3.05, 3.63) is 25.2 Å². The standard InChI is InChI=1S/C7H10N2O2.ClH/c1-2-8-3-4-9(6-8)5-7(10)11;/h2-4H,1,5-6H2,(H,10,11);1H. The summed E-state index contributed by atoms with van der Waals surface area (Å²) in [5.41, 5.74) is 0. The van der Waals surface area contributed by atoms with E-state index in [0.29, 0.717) is 6.67 Å². The quantitative estimate of drug-likeness (QED) is 0.711. The maximum Gasteiger partial charge on any atom is 0.323 e. The Labute approximate surface area is 77.2 Å². The number of rotatable bonds is 3. The molecule has 0 unspecified atom stereocenters. The average Bonchev–Trinajstić information content (AvgIpc) is 2.34. The molecule has 12 heavy (non-hydrogen) atoms. The predicted octanol–water partition coefficient (Wildman–Crippen LogP) is 0.683. The van der Waals surface area contributed by atoms with Crippen LogP contribution in [0.2, 0.25) is 0 Å². The Balaban J connectivity index is 0.00000121. The van der Waals surface area contributed by atoms with Crippen LogP contribution in [0.5, 0.6) is 0 Å². The van der Waals surface area contributed by atoms with Crippen LogP contribution in [0.15, 0.2) is 25.2 Å². The molecule has 0 aromatic heterocycles. The number of carboxylic acid groups (broad SMARTS) is 1. The van der Waals surface area contributed by atoms with E-state index in [-0.39, 0.29) is 19.0 Å². The molecule has 0 fully saturated rings. The second-order valence-corrected chi connectivity index (χ2v) is 2.28. The first kappa shape index (κ1) is 10.8. The number of hydrogen-bond donors (Lipinski definition) is 1. The van der Waals surface area contributed by atoms with Crippen molar-refractivity contribution in [2.75, 3.05) is 13.2 Å². The SMILES string of the molecule is C=CN1C=CN(CC(=O)O)C1.Cl. The van der Waals surface area contributed by atoms with Crippen molar-refractivity contribution < 1.29 is 9.90 Å². The molecule has 1 rings (SSSR count). The molecule has 0 saturated heterocycles. The highest BCUT2D eigenvalue weighted by molar-refractivity contribution is 5.85. The fourth-order valence-electron chi connectivity index (χ4n) is 0.879. The Morgan fingerprint density at radius 2 is 2.33 bits per heavy atom. The minimum atomic E-state index is -0.819. The van der Waals surface area contributed by atoms with Crippen molar-refractivity contribution >= 4 is 18.4 Å². The first-order valence-corrected chi connectivity index (χ1v) is 3.25. The Hall–Kier alpha value is -1.16. The summed E-state index contributed by atoms with van der Waals surface area (Å²) < 4.78 is 0. The zero-order chi connectivity index (χ0) is 8.27. The summed E-state index contributed by atoms with van der Waals surface area (Å²) in [5, 5.41) is 8.41. The van der Waals surface area contributed by atoms with E-state index in [4.69, 9.17) is 5.11 Å². The van der Waals surface area contributed by atoms with Gasteiger partial charge in [-0.3, -0.25) is 4.79 Å². The number of halogens is 1. The van der Waals surface area contributed by atoms with Crippen LogP contribution in [-0.2, 0) is 4.79 Å². The molecule has 0 aromatic rings. The molecule has 4 nitrogen and oxygen atoms in total. The van der Waals surface area contributed by atoms with Gasteiger partial charge in [-0.05, 0) is 6.20 Å². The molecule has 1 heterocycles. The van der Waals surface area contributed by atoms with E-state index >= 15 is 0 Å². The van der Waals surface area contributed by atoms with E-state index in [0.717, 1.165) is 0 Å². The van der Waals surface area contributed by atoms with Gasteiger partial charge in [0, 0.05) is 12.4 Å². The van der Waals surface area contributed by atoms with Crippen LogP contribution < -0.4 is 0 Å². The summed E-state index contributed by atoms with van der Waals surface area (Å²) in [5.74, 6) is -0.819. The second kappa shape index (κ2) is 4.66. The summed E-state index contributed by atoms with van der Waals surface area (Å²) >= 11 is 0. The van der Waals surface area contributed by atoms with Crippen LogP contribution in [0, 0.1) is 0 Å². The second-order valence-electron chi connectivity index (χ2n) is 2.28. The molecule has 0 spiro atoms. The molecule has 0 bridgehead atoms. The number of carbonyl (C=O) groups is 1. The maximum absolute atomic E-state index is 10.2. The normalized spacial score (nSPS) is 14.3. The largest absolute Gasteiger partial charge is 0.480 e. The fourth-order valence-corrected chi connectivity index (χ4v) is 0.879. The van der Waals surface area contributed by atoms with Crippen LogP contribution in [0.1, 0.15) is 0 Å². The monoisotopic (exact) mass is 190 g/mol. The van der Waals surface area contributed by atoms with Crippen LogP contribution in [0.3, 0.4) is 0 Å². The maximum atomic E-state index is 10.2. The Morgan fingerprint density at radius 1 is 1.67 bits per heavy atom. The van der Waals surface area contributed by atoms with E-state index in [9.17, 15) is 4.79 Å². The number of aliphatic carboxylic acids is 1. The zero-order valence-electron chi connectivity index (χ0n) is 6.51. The van der Waals surface area contributed by atoms with Gasteiger partial charge in [-0.25, -0.2) is 0 Å². The molecule has 0 saturated carbocycles. The van der Waals surface area contributed by atoms with E-state index in [1.807, 2.05) is 4.90 Å². The summed E-state index contributed by atoms with van der Waals surface area (Å²) in [7, 11) is 0. The van der Waals surface area contributed by atoms with E-state index in [1.54, 1.807) is 23.5 Å². The zero-order valence-corrected chi connectivity index (χ0v) is 7.33. The van der Waals surface area contributed by atoms with Gasteiger partial charge < -0.3 is 14.9 Å². The summed E-state index contributed by atoms with van der Waals surface area (Å²) in [6, 6.07) is 0. The summed E-state index contributed by atoms with van der Waals surface area (Å²) in [6.07, 6.45) is 5.17. The minimum Gasteiger partial charge on any atom is -0.480 e. The molecule has 1 aliphatic heterocycles. The van der Waals surface area contributed by atoms with Crippen LogP contribution in [0.25, 0.3) is 0 Å². The number of carboxylic acids is 1. The molecule has 1 N–H and O–H groups in total. The lowest BCUT2D eigenvalue weighted by atomic mass is 10.6. The van der Waals surface area contributed by atoms with Crippen molar-refractivity contribution in [2.24, 2.45) is 0 Å². The highest BCUT2D eigenvalue weighted by Crippen LogP contribution is 2.04. The molecular formula is C7H11ClN2O2. The lowest BCUT2D eigenvalue weighted by Crippen LogP contribution is -2.27. The topological polar surface area (TPSA) is 43.8 Å². The van der Waals surface area contributed by atoms with Gasteiger partial charge in [0.05, 0.1) is 6.67 Å². The van der Waals surface area contributed by atoms with Crippen molar-refractivity contribution in [1.82, 2.24) is 9.80 Å².